The van der Waals surface area contributed by atoms with Gasteiger partial charge in [0.05, 0.1) is 0 Å². The topological polar surface area (TPSA) is 0 Å². The minimum absolute atomic E-state index is 0.426. The molecule has 0 N–H and O–H groups in total. The maximum absolute atomic E-state index is 3.90. The summed E-state index contributed by atoms with van der Waals surface area (Å²) in [4.78, 5) is 0. The molecule has 1 aliphatic carbocycles. The standard InChI is InChI=1S/C19H20/c1-4-15-8-7-9-18(10-15)14-19-12-16(5-2)11-17(6-3)13-19/h4-10,12-13,16H,1-3,11,14H2. The van der Waals surface area contributed by atoms with Gasteiger partial charge in [0.2, 0.25) is 0 Å². The number of rotatable bonds is 5. The van der Waals surface area contributed by atoms with E-state index in [0.29, 0.717) is 5.92 Å². The average molecular weight is 248 g/mol. The summed E-state index contributed by atoms with van der Waals surface area (Å²) in [5, 5.41) is 0. The monoisotopic (exact) mass is 248 g/mol. The van der Waals surface area contributed by atoms with Gasteiger partial charge in [-0.1, -0.05) is 67.8 Å². The summed E-state index contributed by atoms with van der Waals surface area (Å²) < 4.78 is 0. The smallest absolute Gasteiger partial charge is 0.000981 e. The van der Waals surface area contributed by atoms with Crippen molar-refractivity contribution in [1.29, 1.82) is 0 Å². The summed E-state index contributed by atoms with van der Waals surface area (Å²) in [7, 11) is 0. The molecule has 0 saturated carbocycles. The Hall–Kier alpha value is -2.08. The van der Waals surface area contributed by atoms with Crippen molar-refractivity contribution in [2.45, 2.75) is 12.8 Å². The highest BCUT2D eigenvalue weighted by atomic mass is 14.2. The Labute approximate surface area is 116 Å². The predicted octanol–water partition coefficient (Wildman–Crippen LogP) is 5.12. The minimum Gasteiger partial charge on any atom is -0.102 e. The molecule has 1 atom stereocenters. The van der Waals surface area contributed by atoms with Crippen molar-refractivity contribution >= 4 is 6.08 Å². The Kier molecular flexibility index (Phi) is 4.35. The van der Waals surface area contributed by atoms with E-state index in [1.54, 1.807) is 0 Å². The summed E-state index contributed by atoms with van der Waals surface area (Å²) in [6, 6.07) is 8.50. The molecular weight excluding hydrogens is 228 g/mol. The fraction of sp³-hybridized carbons (Fsp3) is 0.158. The molecule has 96 valence electrons. The van der Waals surface area contributed by atoms with Crippen LogP contribution >= 0.6 is 0 Å². The molecule has 0 amide bonds. The van der Waals surface area contributed by atoms with Crippen molar-refractivity contribution in [3.05, 3.63) is 90.6 Å². The van der Waals surface area contributed by atoms with Crippen molar-refractivity contribution in [3.8, 4) is 0 Å². The number of allylic oxidation sites excluding steroid dienone is 6. The summed E-state index contributed by atoms with van der Waals surface area (Å²) in [6.07, 6.45) is 12.4. The number of benzene rings is 1. The molecule has 0 radical (unpaired) electrons. The Bertz CT molecular complexity index is 555. The van der Waals surface area contributed by atoms with Gasteiger partial charge in [0.15, 0.2) is 0 Å². The normalized spacial score (nSPS) is 18.2. The quantitative estimate of drug-likeness (QED) is 0.635. The van der Waals surface area contributed by atoms with Gasteiger partial charge in [-0.15, -0.1) is 6.58 Å². The molecule has 0 nitrogen and oxygen atoms in total. The molecule has 19 heavy (non-hydrogen) atoms. The zero-order chi connectivity index (χ0) is 13.7. The number of hydrogen-bond acceptors (Lipinski definition) is 0. The lowest BCUT2D eigenvalue weighted by atomic mass is 9.88. The van der Waals surface area contributed by atoms with Gasteiger partial charge in [-0.2, -0.15) is 0 Å². The lowest BCUT2D eigenvalue weighted by molar-refractivity contribution is 0.784. The average Bonchev–Trinajstić information content (AvgIpc) is 2.47. The van der Waals surface area contributed by atoms with Crippen LogP contribution in [0.3, 0.4) is 0 Å². The van der Waals surface area contributed by atoms with E-state index in [2.05, 4.69) is 56.2 Å². The summed E-state index contributed by atoms with van der Waals surface area (Å²) >= 11 is 0. The van der Waals surface area contributed by atoms with Crippen LogP contribution in [0.2, 0.25) is 0 Å². The molecule has 2 rings (SSSR count). The van der Waals surface area contributed by atoms with Crippen molar-refractivity contribution < 1.29 is 0 Å². The molecule has 0 bridgehead atoms. The summed E-state index contributed by atoms with van der Waals surface area (Å²) in [5.41, 5.74) is 5.12. The van der Waals surface area contributed by atoms with Crippen LogP contribution in [0, 0.1) is 5.92 Å². The van der Waals surface area contributed by atoms with Crippen LogP contribution in [0.15, 0.2) is 79.5 Å². The van der Waals surface area contributed by atoms with Crippen molar-refractivity contribution in [2.24, 2.45) is 5.92 Å². The Balaban J connectivity index is 2.23. The van der Waals surface area contributed by atoms with Crippen molar-refractivity contribution in [1.82, 2.24) is 0 Å². The maximum Gasteiger partial charge on any atom is -0.000981 e. The van der Waals surface area contributed by atoms with Gasteiger partial charge in [0, 0.05) is 0 Å². The predicted molar refractivity (Wildman–Crippen MR) is 84.9 cm³/mol. The second-order valence-electron chi connectivity index (χ2n) is 4.89. The first-order valence-electron chi connectivity index (χ1n) is 6.63. The Morgan fingerprint density at radius 1 is 1.16 bits per heavy atom. The molecule has 0 aromatic heterocycles. The molecule has 1 unspecified atom stereocenters. The summed E-state index contributed by atoms with van der Waals surface area (Å²) in [5.74, 6) is 0.426. The van der Waals surface area contributed by atoms with Crippen LogP contribution < -0.4 is 0 Å². The zero-order valence-corrected chi connectivity index (χ0v) is 11.3. The zero-order valence-electron chi connectivity index (χ0n) is 11.3. The second kappa shape index (κ2) is 6.19. The highest BCUT2D eigenvalue weighted by Gasteiger charge is 2.11. The van der Waals surface area contributed by atoms with E-state index < -0.39 is 0 Å². The molecule has 0 aliphatic heterocycles. The van der Waals surface area contributed by atoms with Crippen LogP contribution in [0.1, 0.15) is 17.5 Å². The minimum atomic E-state index is 0.426. The van der Waals surface area contributed by atoms with E-state index in [0.717, 1.165) is 12.8 Å². The first-order chi connectivity index (χ1) is 9.25. The summed E-state index contributed by atoms with van der Waals surface area (Å²) in [6.45, 7) is 11.6. The highest BCUT2D eigenvalue weighted by Crippen LogP contribution is 2.26. The van der Waals surface area contributed by atoms with Gasteiger partial charge < -0.3 is 0 Å². The van der Waals surface area contributed by atoms with Gasteiger partial charge >= 0.3 is 0 Å². The SMILES string of the molecule is C=CC1=CC(Cc2cccc(C=C)c2)=CC(C=C)C1. The third kappa shape index (κ3) is 3.45. The lowest BCUT2D eigenvalue weighted by Crippen LogP contribution is -2.03. The molecular formula is C19H20. The van der Waals surface area contributed by atoms with Crippen LogP contribution in [-0.2, 0) is 6.42 Å². The van der Waals surface area contributed by atoms with E-state index in [1.807, 2.05) is 18.2 Å². The van der Waals surface area contributed by atoms with Gasteiger partial charge in [0.1, 0.15) is 0 Å². The lowest BCUT2D eigenvalue weighted by Gasteiger charge is -2.17. The van der Waals surface area contributed by atoms with Gasteiger partial charge in [0.25, 0.3) is 0 Å². The molecule has 0 saturated heterocycles. The van der Waals surface area contributed by atoms with Crippen LogP contribution in [0.5, 0.6) is 0 Å². The van der Waals surface area contributed by atoms with Crippen LogP contribution in [-0.4, -0.2) is 0 Å². The molecule has 0 heteroatoms. The second-order valence-corrected chi connectivity index (χ2v) is 4.89. The first kappa shape index (κ1) is 13.4. The van der Waals surface area contributed by atoms with Gasteiger partial charge in [-0.3, -0.25) is 0 Å². The van der Waals surface area contributed by atoms with Crippen LogP contribution in [0.25, 0.3) is 6.08 Å². The molecule has 0 spiro atoms. The highest BCUT2D eigenvalue weighted by molar-refractivity contribution is 5.49. The van der Waals surface area contributed by atoms with E-state index in [1.165, 1.54) is 22.3 Å². The molecule has 1 aromatic carbocycles. The fourth-order valence-electron chi connectivity index (χ4n) is 2.42. The van der Waals surface area contributed by atoms with Crippen LogP contribution in [0.4, 0.5) is 0 Å². The molecule has 0 fully saturated rings. The molecule has 0 heterocycles. The fourth-order valence-corrected chi connectivity index (χ4v) is 2.42. The third-order valence-corrected chi connectivity index (χ3v) is 3.43. The van der Waals surface area contributed by atoms with E-state index in [4.69, 9.17) is 0 Å². The molecule has 1 aliphatic rings. The number of hydrogen-bond donors (Lipinski definition) is 0. The van der Waals surface area contributed by atoms with E-state index in [9.17, 15) is 0 Å². The maximum atomic E-state index is 3.90. The first-order valence-corrected chi connectivity index (χ1v) is 6.63. The Morgan fingerprint density at radius 2 is 2.00 bits per heavy atom. The third-order valence-electron chi connectivity index (χ3n) is 3.43. The van der Waals surface area contributed by atoms with E-state index in [-0.39, 0.29) is 0 Å². The van der Waals surface area contributed by atoms with Crippen molar-refractivity contribution in [2.75, 3.05) is 0 Å². The van der Waals surface area contributed by atoms with E-state index >= 15 is 0 Å². The van der Waals surface area contributed by atoms with Gasteiger partial charge in [-0.25, -0.2) is 0 Å². The molecule has 1 aromatic rings. The Morgan fingerprint density at radius 3 is 2.68 bits per heavy atom. The van der Waals surface area contributed by atoms with Crippen molar-refractivity contribution in [3.63, 3.8) is 0 Å². The van der Waals surface area contributed by atoms with Gasteiger partial charge in [-0.05, 0) is 41.0 Å². The largest absolute Gasteiger partial charge is 0.102 e.